The Hall–Kier alpha value is -2.17. The number of fused-ring (bicyclic) bond motifs is 1. The van der Waals surface area contributed by atoms with Crippen molar-refractivity contribution in [2.45, 2.75) is 12.7 Å². The minimum absolute atomic E-state index is 0.605. The van der Waals surface area contributed by atoms with E-state index < -0.39 is 11.7 Å². The summed E-state index contributed by atoms with van der Waals surface area (Å²) in [5, 5.41) is 3.32. The molecule has 0 aliphatic carbocycles. The Kier molecular flexibility index (Phi) is 3.49. The first-order valence-electron chi connectivity index (χ1n) is 6.78. The maximum atomic E-state index is 12.6. The number of alkyl halides is 3. The van der Waals surface area contributed by atoms with Crippen molar-refractivity contribution in [1.29, 1.82) is 0 Å². The lowest BCUT2D eigenvalue weighted by Gasteiger charge is -2.32. The molecule has 0 amide bonds. The van der Waals surface area contributed by atoms with Crippen molar-refractivity contribution in [3.8, 4) is 0 Å². The monoisotopic (exact) mass is 292 g/mol. The highest BCUT2D eigenvalue weighted by Gasteiger charge is 2.30. The van der Waals surface area contributed by atoms with Gasteiger partial charge in [-0.3, -0.25) is 0 Å². The van der Waals surface area contributed by atoms with Crippen molar-refractivity contribution in [3.63, 3.8) is 0 Å². The van der Waals surface area contributed by atoms with Crippen LogP contribution in [0, 0.1) is 0 Å². The molecule has 2 nitrogen and oxygen atoms in total. The zero-order chi connectivity index (χ0) is 14.9. The van der Waals surface area contributed by atoms with E-state index >= 15 is 0 Å². The lowest BCUT2D eigenvalue weighted by molar-refractivity contribution is -0.137. The van der Waals surface area contributed by atoms with Crippen LogP contribution >= 0.6 is 0 Å². The molecule has 1 heterocycles. The van der Waals surface area contributed by atoms with Gasteiger partial charge in [0.15, 0.2) is 0 Å². The van der Waals surface area contributed by atoms with E-state index in [1.807, 2.05) is 24.3 Å². The second-order valence-corrected chi connectivity index (χ2v) is 5.06. The Morgan fingerprint density at radius 1 is 1.00 bits per heavy atom. The van der Waals surface area contributed by atoms with Crippen LogP contribution in [-0.2, 0) is 12.7 Å². The van der Waals surface area contributed by atoms with Crippen LogP contribution in [0.1, 0.15) is 11.1 Å². The molecule has 1 aliphatic rings. The molecule has 0 aromatic heterocycles. The minimum atomic E-state index is -4.28. The number of rotatable bonds is 2. The zero-order valence-corrected chi connectivity index (χ0v) is 11.3. The average molecular weight is 292 g/mol. The van der Waals surface area contributed by atoms with E-state index in [-0.39, 0.29) is 0 Å². The number of benzene rings is 2. The summed E-state index contributed by atoms with van der Waals surface area (Å²) in [6, 6.07) is 13.3. The van der Waals surface area contributed by atoms with Crippen molar-refractivity contribution in [2.75, 3.05) is 23.3 Å². The Labute approximate surface area is 121 Å². The van der Waals surface area contributed by atoms with E-state index in [1.54, 1.807) is 12.1 Å². The molecule has 2 aromatic carbocycles. The molecule has 0 unspecified atom stereocenters. The average Bonchev–Trinajstić information content (AvgIpc) is 2.47. The highest BCUT2D eigenvalue weighted by atomic mass is 19.4. The van der Waals surface area contributed by atoms with Gasteiger partial charge in [0, 0.05) is 19.6 Å². The second kappa shape index (κ2) is 5.31. The molecule has 0 spiro atoms. The van der Waals surface area contributed by atoms with Gasteiger partial charge in [-0.1, -0.05) is 24.3 Å². The molecule has 1 aliphatic heterocycles. The number of nitrogens with one attached hydrogen (secondary N) is 1. The summed E-state index contributed by atoms with van der Waals surface area (Å²) < 4.78 is 37.7. The van der Waals surface area contributed by atoms with Gasteiger partial charge in [0.1, 0.15) is 0 Å². The van der Waals surface area contributed by atoms with Gasteiger partial charge >= 0.3 is 6.18 Å². The van der Waals surface area contributed by atoms with Crippen LogP contribution < -0.4 is 10.2 Å². The molecule has 0 radical (unpaired) electrons. The number of hydrogen-bond donors (Lipinski definition) is 1. The molecule has 0 saturated heterocycles. The van der Waals surface area contributed by atoms with E-state index in [0.29, 0.717) is 6.54 Å². The number of halogens is 3. The van der Waals surface area contributed by atoms with Crippen LogP contribution in [0.25, 0.3) is 0 Å². The summed E-state index contributed by atoms with van der Waals surface area (Å²) >= 11 is 0. The first kappa shape index (κ1) is 13.8. The SMILES string of the molecule is FC(F)(F)c1ccc(CN2CCNc3ccccc32)cc1. The van der Waals surface area contributed by atoms with E-state index in [9.17, 15) is 13.2 Å². The largest absolute Gasteiger partial charge is 0.416 e. The van der Waals surface area contributed by atoms with Crippen molar-refractivity contribution < 1.29 is 13.2 Å². The third kappa shape index (κ3) is 2.96. The third-order valence-corrected chi connectivity index (χ3v) is 3.60. The Balaban J connectivity index is 1.79. The minimum Gasteiger partial charge on any atom is -0.382 e. The van der Waals surface area contributed by atoms with Crippen LogP contribution in [0.3, 0.4) is 0 Å². The van der Waals surface area contributed by atoms with Gasteiger partial charge in [0.25, 0.3) is 0 Å². The Morgan fingerprint density at radius 2 is 1.71 bits per heavy atom. The number of hydrogen-bond acceptors (Lipinski definition) is 2. The quantitative estimate of drug-likeness (QED) is 0.895. The highest BCUT2D eigenvalue weighted by molar-refractivity contribution is 5.71. The van der Waals surface area contributed by atoms with E-state index in [1.165, 1.54) is 0 Å². The van der Waals surface area contributed by atoms with Crippen LogP contribution in [0.4, 0.5) is 24.5 Å². The van der Waals surface area contributed by atoms with Gasteiger partial charge in [-0.25, -0.2) is 0 Å². The Bertz CT molecular complexity index is 620. The maximum absolute atomic E-state index is 12.6. The van der Waals surface area contributed by atoms with Gasteiger partial charge in [-0.05, 0) is 29.8 Å². The van der Waals surface area contributed by atoms with Crippen molar-refractivity contribution in [3.05, 3.63) is 59.7 Å². The predicted octanol–water partition coefficient (Wildman–Crippen LogP) is 4.14. The molecule has 0 fully saturated rings. The van der Waals surface area contributed by atoms with E-state index in [4.69, 9.17) is 0 Å². The van der Waals surface area contributed by atoms with Crippen LogP contribution in [-0.4, -0.2) is 13.1 Å². The molecule has 0 bridgehead atoms. The fourth-order valence-corrected chi connectivity index (χ4v) is 2.53. The van der Waals surface area contributed by atoms with E-state index in [2.05, 4.69) is 10.2 Å². The first-order valence-corrected chi connectivity index (χ1v) is 6.78. The molecular weight excluding hydrogens is 277 g/mol. The summed E-state index contributed by atoms with van der Waals surface area (Å²) in [6.07, 6.45) is -4.28. The van der Waals surface area contributed by atoms with Crippen molar-refractivity contribution in [1.82, 2.24) is 0 Å². The molecule has 0 atom stereocenters. The topological polar surface area (TPSA) is 15.3 Å². The lowest BCUT2D eigenvalue weighted by atomic mass is 10.1. The lowest BCUT2D eigenvalue weighted by Crippen LogP contribution is -2.33. The van der Waals surface area contributed by atoms with Gasteiger partial charge in [-0.15, -0.1) is 0 Å². The summed E-state index contributed by atoms with van der Waals surface area (Å²) in [5.41, 5.74) is 2.42. The normalized spacial score (nSPS) is 14.5. The standard InChI is InChI=1S/C16H15F3N2/c17-16(18,19)13-7-5-12(6-8-13)11-21-10-9-20-14-3-1-2-4-15(14)21/h1-8,20H,9-11H2. The summed E-state index contributed by atoms with van der Waals surface area (Å²) in [7, 11) is 0. The number of para-hydroxylation sites is 2. The van der Waals surface area contributed by atoms with Gasteiger partial charge in [0.2, 0.25) is 0 Å². The fourth-order valence-electron chi connectivity index (χ4n) is 2.53. The van der Waals surface area contributed by atoms with Gasteiger partial charge in [0.05, 0.1) is 16.9 Å². The zero-order valence-electron chi connectivity index (χ0n) is 11.3. The van der Waals surface area contributed by atoms with Crippen molar-refractivity contribution >= 4 is 11.4 Å². The van der Waals surface area contributed by atoms with Crippen molar-refractivity contribution in [2.24, 2.45) is 0 Å². The summed E-state index contributed by atoms with van der Waals surface area (Å²) in [5.74, 6) is 0. The smallest absolute Gasteiger partial charge is 0.382 e. The second-order valence-electron chi connectivity index (χ2n) is 5.06. The molecule has 21 heavy (non-hydrogen) atoms. The van der Waals surface area contributed by atoms with Gasteiger partial charge < -0.3 is 10.2 Å². The third-order valence-electron chi connectivity index (χ3n) is 3.60. The maximum Gasteiger partial charge on any atom is 0.416 e. The predicted molar refractivity (Wildman–Crippen MR) is 77.4 cm³/mol. The fraction of sp³-hybridized carbons (Fsp3) is 0.250. The molecule has 2 aromatic rings. The molecule has 5 heteroatoms. The Morgan fingerprint density at radius 3 is 2.43 bits per heavy atom. The number of anilines is 2. The van der Waals surface area contributed by atoms with Crippen LogP contribution in [0.15, 0.2) is 48.5 Å². The highest BCUT2D eigenvalue weighted by Crippen LogP contribution is 2.31. The molecule has 3 rings (SSSR count). The van der Waals surface area contributed by atoms with Crippen LogP contribution in [0.2, 0.25) is 0 Å². The van der Waals surface area contributed by atoms with Crippen LogP contribution in [0.5, 0.6) is 0 Å². The summed E-state index contributed by atoms with van der Waals surface area (Å²) in [4.78, 5) is 2.18. The number of nitrogens with zero attached hydrogens (tertiary/aromatic N) is 1. The molecular formula is C16H15F3N2. The first-order chi connectivity index (χ1) is 10.0. The molecule has 110 valence electrons. The molecule has 1 N–H and O–H groups in total. The van der Waals surface area contributed by atoms with E-state index in [0.717, 1.165) is 42.2 Å². The molecule has 0 saturated carbocycles. The van der Waals surface area contributed by atoms with Gasteiger partial charge in [-0.2, -0.15) is 13.2 Å². The summed E-state index contributed by atoms with van der Waals surface area (Å²) in [6.45, 7) is 2.27.